The van der Waals surface area contributed by atoms with Crippen LogP contribution >= 0.6 is 11.3 Å². The number of methoxy groups -OCH3 is 1. The average molecular weight is 372 g/mol. The lowest BCUT2D eigenvalue weighted by atomic mass is 9.88. The zero-order chi connectivity index (χ0) is 18.3. The van der Waals surface area contributed by atoms with Crippen LogP contribution in [0.3, 0.4) is 0 Å². The zero-order valence-corrected chi connectivity index (χ0v) is 16.2. The Balaban J connectivity index is 1.65. The summed E-state index contributed by atoms with van der Waals surface area (Å²) in [5.41, 5.74) is 3.05. The second-order valence-electron chi connectivity index (χ2n) is 6.95. The molecule has 1 aliphatic heterocycles. The van der Waals surface area contributed by atoms with Crippen LogP contribution in [0.1, 0.15) is 52.8 Å². The van der Waals surface area contributed by atoms with Crippen molar-refractivity contribution in [2.75, 3.05) is 19.0 Å². The summed E-state index contributed by atoms with van der Waals surface area (Å²) in [7, 11) is 1.63. The fraction of sp³-hybridized carbons (Fsp3) is 0.450. The van der Waals surface area contributed by atoms with Gasteiger partial charge in [-0.05, 0) is 55.4 Å². The average Bonchev–Trinajstić information content (AvgIpc) is 2.99. The predicted octanol–water partition coefficient (Wildman–Crippen LogP) is 4.13. The van der Waals surface area contributed by atoms with Crippen LogP contribution < -0.4 is 20.1 Å². The summed E-state index contributed by atoms with van der Waals surface area (Å²) in [6.45, 7) is 4.78. The van der Waals surface area contributed by atoms with Gasteiger partial charge in [0.15, 0.2) is 11.5 Å². The molecule has 2 atom stereocenters. The van der Waals surface area contributed by atoms with Crippen molar-refractivity contribution in [3.05, 3.63) is 39.8 Å². The largest absolute Gasteiger partial charge is 0.493 e. The molecule has 2 N–H and O–H groups in total. The number of amides is 1. The Morgan fingerprint density at radius 3 is 2.88 bits per heavy atom. The summed E-state index contributed by atoms with van der Waals surface area (Å²) >= 11 is 1.74. The van der Waals surface area contributed by atoms with Crippen LogP contribution in [0, 0.1) is 5.92 Å². The van der Waals surface area contributed by atoms with E-state index < -0.39 is 0 Å². The number of thiophene rings is 1. The van der Waals surface area contributed by atoms with Crippen molar-refractivity contribution >= 4 is 22.2 Å². The quantitative estimate of drug-likeness (QED) is 0.847. The molecule has 0 spiro atoms. The van der Waals surface area contributed by atoms with Gasteiger partial charge in [-0.2, -0.15) is 0 Å². The van der Waals surface area contributed by atoms with Gasteiger partial charge in [0.2, 0.25) is 0 Å². The first-order valence-corrected chi connectivity index (χ1v) is 9.95. The molecule has 0 saturated heterocycles. The minimum atomic E-state index is -0.266. The molecule has 138 valence electrons. The maximum absolute atomic E-state index is 12.8. The van der Waals surface area contributed by atoms with E-state index in [0.29, 0.717) is 24.0 Å². The molecule has 0 saturated carbocycles. The Bertz CT molecular complexity index is 846. The van der Waals surface area contributed by atoms with Crippen LogP contribution in [0.25, 0.3) is 0 Å². The number of carbonyl (C=O) groups is 1. The zero-order valence-electron chi connectivity index (χ0n) is 15.3. The van der Waals surface area contributed by atoms with Gasteiger partial charge < -0.3 is 20.1 Å². The van der Waals surface area contributed by atoms with E-state index in [-0.39, 0.29) is 12.1 Å². The summed E-state index contributed by atoms with van der Waals surface area (Å²) in [6.07, 6.45) is 2.96. The van der Waals surface area contributed by atoms with Crippen LogP contribution in [0.15, 0.2) is 18.2 Å². The molecule has 0 fully saturated rings. The first-order valence-electron chi connectivity index (χ1n) is 9.13. The van der Waals surface area contributed by atoms with Gasteiger partial charge in [0.1, 0.15) is 11.2 Å². The summed E-state index contributed by atoms with van der Waals surface area (Å²) in [6, 6.07) is 5.77. The Morgan fingerprint density at radius 2 is 2.12 bits per heavy atom. The fourth-order valence-corrected chi connectivity index (χ4v) is 5.21. The van der Waals surface area contributed by atoms with Gasteiger partial charge in [-0.1, -0.05) is 13.0 Å². The van der Waals surface area contributed by atoms with E-state index in [2.05, 4.69) is 17.6 Å². The number of ether oxygens (including phenoxy) is 2. The van der Waals surface area contributed by atoms with Crippen molar-refractivity contribution in [3.63, 3.8) is 0 Å². The summed E-state index contributed by atoms with van der Waals surface area (Å²) < 4.78 is 11.0. The lowest BCUT2D eigenvalue weighted by molar-refractivity contribution is 0.0935. The van der Waals surface area contributed by atoms with Crippen molar-refractivity contribution < 1.29 is 14.3 Å². The number of benzene rings is 1. The van der Waals surface area contributed by atoms with Gasteiger partial charge in [-0.25, -0.2) is 0 Å². The lowest BCUT2D eigenvalue weighted by Crippen LogP contribution is -2.38. The molecule has 1 aromatic carbocycles. The van der Waals surface area contributed by atoms with Crippen molar-refractivity contribution in [1.29, 1.82) is 0 Å². The molecule has 0 radical (unpaired) electrons. The van der Waals surface area contributed by atoms with Crippen molar-refractivity contribution in [2.24, 2.45) is 5.92 Å². The lowest BCUT2D eigenvalue weighted by Gasteiger charge is -2.27. The number of nitrogens with one attached hydrogen (secondary N) is 2. The molecule has 0 unspecified atom stereocenters. The van der Waals surface area contributed by atoms with Crippen molar-refractivity contribution in [1.82, 2.24) is 5.32 Å². The Hall–Kier alpha value is -2.21. The SMILES string of the molecule is CCOc1cc([C@H]2NC(=O)c3c(sc4c3CC[C@H](C)C4)N2)ccc1OC. The maximum atomic E-state index is 12.8. The van der Waals surface area contributed by atoms with Crippen LogP contribution in [0.4, 0.5) is 5.00 Å². The molecule has 4 rings (SSSR count). The highest BCUT2D eigenvalue weighted by Crippen LogP contribution is 2.43. The first-order chi connectivity index (χ1) is 12.6. The molecule has 2 heterocycles. The predicted molar refractivity (Wildman–Crippen MR) is 104 cm³/mol. The van der Waals surface area contributed by atoms with Crippen molar-refractivity contribution in [2.45, 2.75) is 39.3 Å². The second-order valence-corrected chi connectivity index (χ2v) is 8.06. The number of carbonyl (C=O) groups excluding carboxylic acids is 1. The van der Waals surface area contributed by atoms with Gasteiger partial charge in [0.25, 0.3) is 5.91 Å². The smallest absolute Gasteiger partial charge is 0.256 e. The van der Waals surface area contributed by atoms with Crippen LogP contribution in [0.5, 0.6) is 11.5 Å². The molecular weight excluding hydrogens is 348 g/mol. The number of fused-ring (bicyclic) bond motifs is 3. The summed E-state index contributed by atoms with van der Waals surface area (Å²) in [5, 5.41) is 7.61. The molecule has 0 bridgehead atoms. The Kier molecular flexibility index (Phi) is 4.53. The van der Waals surface area contributed by atoms with Gasteiger partial charge in [0.05, 0.1) is 19.3 Å². The number of anilines is 1. The molecule has 6 heteroatoms. The third-order valence-corrected chi connectivity index (χ3v) is 6.30. The number of rotatable bonds is 4. The fourth-order valence-electron chi connectivity index (χ4n) is 3.77. The summed E-state index contributed by atoms with van der Waals surface area (Å²) in [5.74, 6) is 2.09. The normalized spacial score (nSPS) is 21.3. The minimum absolute atomic E-state index is 0.0181. The van der Waals surface area contributed by atoms with E-state index in [9.17, 15) is 4.79 Å². The van der Waals surface area contributed by atoms with Gasteiger partial charge >= 0.3 is 0 Å². The van der Waals surface area contributed by atoms with Gasteiger partial charge in [0, 0.05) is 4.88 Å². The second kappa shape index (κ2) is 6.83. The molecular formula is C20H24N2O3S. The van der Waals surface area contributed by atoms with Crippen LogP contribution in [-0.4, -0.2) is 19.6 Å². The standard InChI is InChI=1S/C20H24N2O3S/c1-4-25-15-10-12(6-8-14(15)24-3)18-21-19(23)17-13-7-5-11(2)9-16(13)26-20(17)22-18/h6,8,10-11,18,22H,4-5,7,9H2,1-3H3,(H,21,23)/t11-,18-/m0/s1. The van der Waals surface area contributed by atoms with Crippen LogP contribution in [0.2, 0.25) is 0 Å². The first kappa shape index (κ1) is 17.2. The van der Waals surface area contributed by atoms with E-state index in [1.54, 1.807) is 18.4 Å². The molecule has 1 amide bonds. The summed E-state index contributed by atoms with van der Waals surface area (Å²) in [4.78, 5) is 14.2. The van der Waals surface area contributed by atoms with E-state index in [4.69, 9.17) is 9.47 Å². The molecule has 2 aliphatic rings. The monoisotopic (exact) mass is 372 g/mol. The topological polar surface area (TPSA) is 59.6 Å². The molecule has 2 aromatic rings. The molecule has 1 aliphatic carbocycles. The van der Waals surface area contributed by atoms with E-state index in [0.717, 1.165) is 35.4 Å². The molecule has 1 aromatic heterocycles. The van der Waals surface area contributed by atoms with Gasteiger partial charge in [-0.3, -0.25) is 4.79 Å². The number of hydrogen-bond acceptors (Lipinski definition) is 5. The Morgan fingerprint density at radius 1 is 1.27 bits per heavy atom. The molecule has 5 nitrogen and oxygen atoms in total. The Labute approximate surface area is 157 Å². The number of hydrogen-bond donors (Lipinski definition) is 2. The highest BCUT2D eigenvalue weighted by molar-refractivity contribution is 7.16. The van der Waals surface area contributed by atoms with Gasteiger partial charge in [-0.15, -0.1) is 11.3 Å². The molecule has 26 heavy (non-hydrogen) atoms. The minimum Gasteiger partial charge on any atom is -0.493 e. The third kappa shape index (κ3) is 2.92. The van der Waals surface area contributed by atoms with E-state index >= 15 is 0 Å². The van der Waals surface area contributed by atoms with E-state index in [1.165, 1.54) is 10.4 Å². The highest BCUT2D eigenvalue weighted by atomic mass is 32.1. The highest BCUT2D eigenvalue weighted by Gasteiger charge is 2.33. The maximum Gasteiger partial charge on any atom is 0.256 e. The van der Waals surface area contributed by atoms with Crippen LogP contribution in [-0.2, 0) is 12.8 Å². The van der Waals surface area contributed by atoms with Crippen molar-refractivity contribution in [3.8, 4) is 11.5 Å². The third-order valence-electron chi connectivity index (χ3n) is 5.11. The van der Waals surface area contributed by atoms with E-state index in [1.807, 2.05) is 25.1 Å².